The van der Waals surface area contributed by atoms with Crippen molar-refractivity contribution in [1.29, 1.82) is 0 Å². The Labute approximate surface area is 150 Å². The molecule has 25 heavy (non-hydrogen) atoms. The molecule has 1 amide bonds. The molecule has 0 saturated carbocycles. The average Bonchev–Trinajstić information content (AvgIpc) is 2.79. The zero-order valence-corrected chi connectivity index (χ0v) is 13.9. The lowest BCUT2D eigenvalue weighted by atomic mass is 10.1. The van der Waals surface area contributed by atoms with Gasteiger partial charge in [0.15, 0.2) is 0 Å². The summed E-state index contributed by atoms with van der Waals surface area (Å²) in [6, 6.07) is 3.63. The Hall–Kier alpha value is -2.79. The number of nitrogens with zero attached hydrogens (tertiary/aromatic N) is 2. The highest BCUT2D eigenvalue weighted by atomic mass is 32.2. The molecule has 0 bridgehead atoms. The minimum absolute atomic E-state index is 0.00935. The summed E-state index contributed by atoms with van der Waals surface area (Å²) < 4.78 is -0.155. The number of nitro benzene ring substituents is 1. The number of aliphatic carboxylic acids is 2. The van der Waals surface area contributed by atoms with Gasteiger partial charge in [-0.05, 0) is 11.6 Å². The lowest BCUT2D eigenvalue weighted by Crippen LogP contribution is -2.52. The van der Waals surface area contributed by atoms with Crippen LogP contribution in [-0.4, -0.2) is 38.0 Å². The molecule has 0 aliphatic carbocycles. The molecule has 1 atom stereocenters. The van der Waals surface area contributed by atoms with Crippen LogP contribution in [0.2, 0.25) is 0 Å². The molecule has 1 aliphatic rings. The second-order valence-electron chi connectivity index (χ2n) is 4.81. The number of carboxylic acids is 2. The van der Waals surface area contributed by atoms with Crippen LogP contribution in [0.15, 0.2) is 29.2 Å². The summed E-state index contributed by atoms with van der Waals surface area (Å²) in [5.74, 6) is -4.28. The van der Waals surface area contributed by atoms with E-state index in [1.54, 1.807) is 0 Å². The normalized spacial score (nSPS) is 17.0. The first-order valence-electron chi connectivity index (χ1n) is 6.63. The highest BCUT2D eigenvalue weighted by molar-refractivity contribution is 8.26. The second kappa shape index (κ2) is 7.40. The van der Waals surface area contributed by atoms with Crippen molar-refractivity contribution in [1.82, 2.24) is 4.90 Å². The molecular formula is C14H8N2O7S2-2. The number of hydrogen-bond donors (Lipinski definition) is 0. The number of amides is 1. The summed E-state index contributed by atoms with van der Waals surface area (Å²) >= 11 is 5.70. The zero-order chi connectivity index (χ0) is 18.7. The van der Waals surface area contributed by atoms with Crippen molar-refractivity contribution in [3.63, 3.8) is 0 Å². The van der Waals surface area contributed by atoms with Crippen molar-refractivity contribution in [3.05, 3.63) is 44.8 Å². The quantitative estimate of drug-likeness (QED) is 0.264. The fourth-order valence-electron chi connectivity index (χ4n) is 2.07. The number of benzene rings is 1. The predicted molar refractivity (Wildman–Crippen MR) is 86.5 cm³/mol. The van der Waals surface area contributed by atoms with E-state index >= 15 is 0 Å². The van der Waals surface area contributed by atoms with E-state index < -0.39 is 35.2 Å². The molecule has 1 heterocycles. The van der Waals surface area contributed by atoms with E-state index in [0.29, 0.717) is 10.5 Å². The molecule has 0 aromatic heterocycles. The van der Waals surface area contributed by atoms with Gasteiger partial charge in [0.1, 0.15) is 4.32 Å². The lowest BCUT2D eigenvalue weighted by molar-refractivity contribution is -0.384. The third-order valence-corrected chi connectivity index (χ3v) is 4.48. The molecule has 2 rings (SSSR count). The maximum Gasteiger partial charge on any atom is 0.270 e. The number of carboxylic acid groups (broad SMARTS) is 2. The fourth-order valence-corrected chi connectivity index (χ4v) is 3.42. The first kappa shape index (κ1) is 18.5. The number of thiocarbonyl (C=S) groups is 1. The SMILES string of the molecule is O=C([O-])C[C@@H](C(=O)[O-])N1C(=O)/C(=C\c2cccc([N+](=O)[O-])c2)SC1=S. The van der Waals surface area contributed by atoms with Crippen molar-refractivity contribution in [3.8, 4) is 0 Å². The van der Waals surface area contributed by atoms with Crippen LogP contribution < -0.4 is 10.2 Å². The molecule has 1 saturated heterocycles. The second-order valence-corrected chi connectivity index (χ2v) is 6.49. The summed E-state index contributed by atoms with van der Waals surface area (Å²) in [7, 11) is 0. The molecule has 1 aliphatic heterocycles. The van der Waals surface area contributed by atoms with Crippen LogP contribution in [0.3, 0.4) is 0 Å². The van der Waals surface area contributed by atoms with E-state index in [-0.39, 0.29) is 14.9 Å². The smallest absolute Gasteiger partial charge is 0.270 e. The van der Waals surface area contributed by atoms with E-state index in [1.165, 1.54) is 30.3 Å². The fraction of sp³-hybridized carbons (Fsp3) is 0.143. The topological polar surface area (TPSA) is 144 Å². The number of non-ortho nitro benzene ring substituents is 1. The van der Waals surface area contributed by atoms with Crippen molar-refractivity contribution in [2.45, 2.75) is 12.5 Å². The van der Waals surface area contributed by atoms with Crippen LogP contribution in [0.25, 0.3) is 6.08 Å². The maximum absolute atomic E-state index is 12.4. The van der Waals surface area contributed by atoms with Crippen LogP contribution in [0.4, 0.5) is 5.69 Å². The molecule has 1 aromatic rings. The van der Waals surface area contributed by atoms with Crippen molar-refractivity contribution < 1.29 is 29.5 Å². The van der Waals surface area contributed by atoms with Gasteiger partial charge in [-0.2, -0.15) is 0 Å². The molecular weight excluding hydrogens is 372 g/mol. The number of carbonyl (C=O) groups is 3. The Morgan fingerprint density at radius 3 is 2.60 bits per heavy atom. The van der Waals surface area contributed by atoms with Crippen molar-refractivity contribution in [2.24, 2.45) is 0 Å². The summed E-state index contributed by atoms with van der Waals surface area (Å²) in [6.07, 6.45) is 0.330. The Morgan fingerprint density at radius 1 is 1.36 bits per heavy atom. The molecule has 130 valence electrons. The predicted octanol–water partition coefficient (Wildman–Crippen LogP) is -0.945. The standard InChI is InChI=1S/C14H10N2O7S2/c17-11(18)6-9(13(20)21)15-12(19)10(25-14(15)24)5-7-2-1-3-8(4-7)16(22)23/h1-5,9H,6H2,(H,17,18)(H,20,21)/p-2/b10-5+/t9-/m0/s1. The molecule has 0 radical (unpaired) electrons. The van der Waals surface area contributed by atoms with Gasteiger partial charge in [-0.3, -0.25) is 19.8 Å². The lowest BCUT2D eigenvalue weighted by Gasteiger charge is -2.27. The van der Waals surface area contributed by atoms with Gasteiger partial charge in [-0.1, -0.05) is 36.1 Å². The molecule has 0 unspecified atom stereocenters. The third kappa shape index (κ3) is 4.19. The van der Waals surface area contributed by atoms with Crippen molar-refractivity contribution >= 4 is 57.9 Å². The Bertz CT molecular complexity index is 821. The van der Waals surface area contributed by atoms with E-state index in [0.717, 1.165) is 11.8 Å². The average molecular weight is 380 g/mol. The summed E-state index contributed by atoms with van der Waals surface area (Å²) in [5.41, 5.74) is 0.147. The number of nitro groups is 1. The van der Waals surface area contributed by atoms with Gasteiger partial charge in [0, 0.05) is 24.5 Å². The van der Waals surface area contributed by atoms with Gasteiger partial charge in [0.2, 0.25) is 0 Å². The van der Waals surface area contributed by atoms with E-state index in [2.05, 4.69) is 0 Å². The van der Waals surface area contributed by atoms with Crippen LogP contribution in [0.5, 0.6) is 0 Å². The summed E-state index contributed by atoms with van der Waals surface area (Å²) in [5, 5.41) is 32.6. The van der Waals surface area contributed by atoms with E-state index in [1.807, 2.05) is 0 Å². The number of carbonyl (C=O) groups excluding carboxylic acids is 3. The highest BCUT2D eigenvalue weighted by Crippen LogP contribution is 2.34. The first-order chi connectivity index (χ1) is 11.7. The summed E-state index contributed by atoms with van der Waals surface area (Å²) in [4.78, 5) is 45.0. The van der Waals surface area contributed by atoms with E-state index in [4.69, 9.17) is 12.2 Å². The Balaban J connectivity index is 2.34. The molecule has 9 nitrogen and oxygen atoms in total. The van der Waals surface area contributed by atoms with Crippen molar-refractivity contribution in [2.75, 3.05) is 0 Å². The molecule has 1 fully saturated rings. The van der Waals surface area contributed by atoms with Gasteiger partial charge in [-0.25, -0.2) is 0 Å². The van der Waals surface area contributed by atoms with Gasteiger partial charge in [0.25, 0.3) is 11.6 Å². The largest absolute Gasteiger partial charge is 0.550 e. The van der Waals surface area contributed by atoms with Crippen LogP contribution in [-0.2, 0) is 14.4 Å². The molecule has 0 spiro atoms. The Kier molecular flexibility index (Phi) is 5.49. The molecule has 1 aromatic carbocycles. The number of rotatable bonds is 6. The van der Waals surface area contributed by atoms with Gasteiger partial charge in [0.05, 0.1) is 21.8 Å². The van der Waals surface area contributed by atoms with Crippen LogP contribution in [0, 0.1) is 10.1 Å². The first-order valence-corrected chi connectivity index (χ1v) is 7.85. The van der Waals surface area contributed by atoms with E-state index in [9.17, 15) is 34.7 Å². The monoisotopic (exact) mass is 380 g/mol. The molecule has 0 N–H and O–H groups in total. The van der Waals surface area contributed by atoms with Gasteiger partial charge >= 0.3 is 0 Å². The molecule has 11 heteroatoms. The van der Waals surface area contributed by atoms with Crippen LogP contribution >= 0.6 is 24.0 Å². The zero-order valence-electron chi connectivity index (χ0n) is 12.2. The van der Waals surface area contributed by atoms with Crippen LogP contribution in [0.1, 0.15) is 12.0 Å². The highest BCUT2D eigenvalue weighted by Gasteiger charge is 2.37. The van der Waals surface area contributed by atoms with Gasteiger partial charge < -0.3 is 19.8 Å². The third-order valence-electron chi connectivity index (χ3n) is 3.15. The van der Waals surface area contributed by atoms with Gasteiger partial charge in [-0.15, -0.1) is 0 Å². The number of thioether (sulfide) groups is 1. The minimum Gasteiger partial charge on any atom is -0.550 e. The summed E-state index contributed by atoms with van der Waals surface area (Å²) in [6.45, 7) is 0. The Morgan fingerprint density at radius 2 is 2.04 bits per heavy atom. The number of hydrogen-bond acceptors (Lipinski definition) is 9. The minimum atomic E-state index is -1.80. The maximum atomic E-state index is 12.4.